The monoisotopic (exact) mass is 568 g/mol. The lowest BCUT2D eigenvalue weighted by atomic mass is 9.72. The molecular weight excluding hydrogens is 531 g/mol. The number of carbonyl (C=O) groups is 1. The summed E-state index contributed by atoms with van der Waals surface area (Å²) in [6.45, 7) is 2.42. The Morgan fingerprint density at radius 3 is 2.55 bits per heavy atom. The van der Waals surface area contributed by atoms with Crippen molar-refractivity contribution in [3.8, 4) is 17.1 Å². The van der Waals surface area contributed by atoms with Gasteiger partial charge in [-0.05, 0) is 73.6 Å². The highest BCUT2D eigenvalue weighted by atomic mass is 19.1. The van der Waals surface area contributed by atoms with Crippen LogP contribution in [0.1, 0.15) is 65.9 Å². The standard InChI is InChI=1S/C35H37FN2O4/c1-2-23-13-14-32-26(19-23)29(21-35(42-32)17-8-18-35)37-22-30(39)28(20-24-9-4-3-5-10-24)38-34(40)33-16-15-31(41-33)25-11-6-7-12-27(25)36/h3-7,9-16,19,28-30,37,39H,2,8,17-18,20-22H2,1H3,(H,38,40)/t28-,29-,30-/m0/s1. The van der Waals surface area contributed by atoms with Gasteiger partial charge in [0.2, 0.25) is 0 Å². The van der Waals surface area contributed by atoms with E-state index in [4.69, 9.17) is 9.15 Å². The van der Waals surface area contributed by atoms with Crippen LogP contribution < -0.4 is 15.4 Å². The van der Waals surface area contributed by atoms with E-state index >= 15 is 0 Å². The van der Waals surface area contributed by atoms with Gasteiger partial charge in [0, 0.05) is 24.6 Å². The van der Waals surface area contributed by atoms with Crippen molar-refractivity contribution in [1.82, 2.24) is 10.6 Å². The minimum absolute atomic E-state index is 0.0386. The highest BCUT2D eigenvalue weighted by Gasteiger charge is 2.45. The lowest BCUT2D eigenvalue weighted by molar-refractivity contribution is -0.0382. The molecule has 6 rings (SSSR count). The molecule has 1 aliphatic carbocycles. The first kappa shape index (κ1) is 28.2. The summed E-state index contributed by atoms with van der Waals surface area (Å²) < 4.78 is 26.5. The zero-order valence-corrected chi connectivity index (χ0v) is 23.8. The number of rotatable bonds is 10. The molecular formula is C35H37FN2O4. The van der Waals surface area contributed by atoms with Crippen LogP contribution >= 0.6 is 0 Å². The summed E-state index contributed by atoms with van der Waals surface area (Å²) in [4.78, 5) is 13.3. The molecule has 7 heteroatoms. The second kappa shape index (κ2) is 12.1. The van der Waals surface area contributed by atoms with Crippen molar-refractivity contribution in [3.63, 3.8) is 0 Å². The summed E-state index contributed by atoms with van der Waals surface area (Å²) in [6.07, 6.45) is 4.57. The first-order valence-electron chi connectivity index (χ1n) is 14.9. The number of amides is 1. The molecule has 0 unspecified atom stereocenters. The minimum Gasteiger partial charge on any atom is -0.487 e. The van der Waals surface area contributed by atoms with Crippen molar-refractivity contribution >= 4 is 5.91 Å². The van der Waals surface area contributed by atoms with Crippen LogP contribution in [0.2, 0.25) is 0 Å². The molecule has 1 spiro atoms. The third-order valence-electron chi connectivity index (χ3n) is 8.65. The van der Waals surface area contributed by atoms with Crippen LogP contribution in [0.15, 0.2) is 89.3 Å². The lowest BCUT2D eigenvalue weighted by Gasteiger charge is -2.48. The molecule has 1 aliphatic heterocycles. The molecule has 1 amide bonds. The van der Waals surface area contributed by atoms with Crippen LogP contribution in [0.4, 0.5) is 4.39 Å². The number of fused-ring (bicyclic) bond motifs is 1. The molecule has 3 atom stereocenters. The van der Waals surface area contributed by atoms with E-state index < -0.39 is 23.9 Å². The summed E-state index contributed by atoms with van der Waals surface area (Å²) in [6, 6.07) is 25.0. The summed E-state index contributed by atoms with van der Waals surface area (Å²) in [5, 5.41) is 18.1. The third-order valence-corrected chi connectivity index (χ3v) is 8.65. The fourth-order valence-corrected chi connectivity index (χ4v) is 6.06. The van der Waals surface area contributed by atoms with Crippen LogP contribution in [-0.2, 0) is 12.8 Å². The van der Waals surface area contributed by atoms with Gasteiger partial charge in [-0.2, -0.15) is 0 Å². The smallest absolute Gasteiger partial charge is 0.287 e. The van der Waals surface area contributed by atoms with E-state index in [9.17, 15) is 14.3 Å². The Kier molecular flexibility index (Phi) is 8.13. The van der Waals surface area contributed by atoms with Gasteiger partial charge in [-0.15, -0.1) is 0 Å². The Balaban J connectivity index is 1.19. The maximum absolute atomic E-state index is 14.3. The van der Waals surface area contributed by atoms with Gasteiger partial charge < -0.3 is 24.9 Å². The van der Waals surface area contributed by atoms with Gasteiger partial charge in [0.05, 0.1) is 17.7 Å². The second-order valence-corrected chi connectivity index (χ2v) is 11.5. The molecule has 1 saturated carbocycles. The molecule has 3 N–H and O–H groups in total. The summed E-state index contributed by atoms with van der Waals surface area (Å²) in [7, 11) is 0. The van der Waals surface area contributed by atoms with Gasteiger partial charge >= 0.3 is 0 Å². The maximum atomic E-state index is 14.3. The molecule has 2 aliphatic rings. The number of aryl methyl sites for hydroxylation is 1. The van der Waals surface area contributed by atoms with E-state index in [2.05, 4.69) is 35.8 Å². The van der Waals surface area contributed by atoms with Crippen LogP contribution in [-0.4, -0.2) is 35.3 Å². The van der Waals surface area contributed by atoms with Crippen LogP contribution in [0, 0.1) is 5.82 Å². The molecule has 0 radical (unpaired) electrons. The zero-order chi connectivity index (χ0) is 29.1. The molecule has 6 nitrogen and oxygen atoms in total. The number of benzene rings is 3. The number of hydrogen-bond donors (Lipinski definition) is 3. The lowest BCUT2D eigenvalue weighted by Crippen LogP contribution is -2.52. The van der Waals surface area contributed by atoms with Gasteiger partial charge in [-0.1, -0.05) is 61.5 Å². The number of ether oxygens (including phenoxy) is 1. The molecule has 1 fully saturated rings. The number of nitrogens with one attached hydrogen (secondary N) is 2. The summed E-state index contributed by atoms with van der Waals surface area (Å²) in [5.74, 6) is 0.364. The van der Waals surface area contributed by atoms with Gasteiger partial charge in [-0.3, -0.25) is 4.79 Å². The topological polar surface area (TPSA) is 83.7 Å². The van der Waals surface area contributed by atoms with Crippen molar-refractivity contribution in [1.29, 1.82) is 0 Å². The van der Waals surface area contributed by atoms with E-state index in [1.165, 1.54) is 17.7 Å². The van der Waals surface area contributed by atoms with Crippen molar-refractivity contribution in [2.75, 3.05) is 6.54 Å². The molecule has 1 aromatic heterocycles. The highest BCUT2D eigenvalue weighted by Crippen LogP contribution is 2.49. The number of carbonyl (C=O) groups excluding carboxylic acids is 1. The predicted molar refractivity (Wildman–Crippen MR) is 160 cm³/mol. The fourth-order valence-electron chi connectivity index (χ4n) is 6.06. The third kappa shape index (κ3) is 5.98. The number of furan rings is 1. The van der Waals surface area contributed by atoms with Gasteiger partial charge in [-0.25, -0.2) is 4.39 Å². The van der Waals surface area contributed by atoms with Crippen LogP contribution in [0.5, 0.6) is 5.75 Å². The molecule has 2 heterocycles. The van der Waals surface area contributed by atoms with Crippen molar-refractivity contribution in [2.45, 2.75) is 69.2 Å². The van der Waals surface area contributed by atoms with E-state index in [1.807, 2.05) is 30.3 Å². The Labute approximate surface area is 245 Å². The summed E-state index contributed by atoms with van der Waals surface area (Å²) >= 11 is 0. The van der Waals surface area contributed by atoms with Crippen molar-refractivity contribution in [2.24, 2.45) is 0 Å². The Hall–Kier alpha value is -3.94. The van der Waals surface area contributed by atoms with Crippen molar-refractivity contribution in [3.05, 3.63) is 113 Å². The predicted octanol–water partition coefficient (Wildman–Crippen LogP) is 6.39. The first-order valence-corrected chi connectivity index (χ1v) is 14.9. The van der Waals surface area contributed by atoms with E-state index in [0.717, 1.165) is 49.0 Å². The van der Waals surface area contributed by atoms with Gasteiger partial charge in [0.1, 0.15) is 22.9 Å². The zero-order valence-electron chi connectivity index (χ0n) is 23.8. The first-order chi connectivity index (χ1) is 20.4. The molecule has 42 heavy (non-hydrogen) atoms. The Morgan fingerprint density at radius 2 is 1.81 bits per heavy atom. The summed E-state index contributed by atoms with van der Waals surface area (Å²) in [5.41, 5.74) is 3.51. The number of aliphatic hydroxyl groups excluding tert-OH is 1. The normalized spacial score (nSPS) is 18.4. The molecule has 4 aromatic rings. The average molecular weight is 569 g/mol. The van der Waals surface area contributed by atoms with Gasteiger partial charge in [0.25, 0.3) is 5.91 Å². The Morgan fingerprint density at radius 1 is 1.02 bits per heavy atom. The number of aliphatic hydroxyl groups is 1. The molecule has 3 aromatic carbocycles. The van der Waals surface area contributed by atoms with Gasteiger partial charge in [0.15, 0.2) is 5.76 Å². The highest BCUT2D eigenvalue weighted by molar-refractivity contribution is 5.92. The van der Waals surface area contributed by atoms with Crippen LogP contribution in [0.25, 0.3) is 11.3 Å². The second-order valence-electron chi connectivity index (χ2n) is 11.5. The SMILES string of the molecule is CCc1ccc2c(c1)[C@@H](NC[C@H](O)[C@H](Cc1ccccc1)NC(=O)c1ccc(-c3ccccc3F)o1)CC1(CCC1)O2. The Bertz CT molecular complexity index is 1530. The fraction of sp³-hybridized carbons (Fsp3) is 0.343. The van der Waals surface area contributed by atoms with Crippen molar-refractivity contribution < 1.29 is 23.4 Å². The number of halogens is 1. The molecule has 0 bridgehead atoms. The minimum atomic E-state index is -0.881. The maximum Gasteiger partial charge on any atom is 0.287 e. The largest absolute Gasteiger partial charge is 0.487 e. The average Bonchev–Trinajstić information content (AvgIpc) is 3.49. The van der Waals surface area contributed by atoms with Crippen LogP contribution in [0.3, 0.4) is 0 Å². The van der Waals surface area contributed by atoms with E-state index in [-0.39, 0.29) is 35.3 Å². The molecule has 218 valence electrons. The van der Waals surface area contributed by atoms with E-state index in [1.54, 1.807) is 24.3 Å². The quantitative estimate of drug-likeness (QED) is 0.207. The molecule has 0 saturated heterocycles. The number of hydrogen-bond acceptors (Lipinski definition) is 5. The van der Waals surface area contributed by atoms with E-state index in [0.29, 0.717) is 6.42 Å².